The second-order valence-electron chi connectivity index (χ2n) is 11.0. The van der Waals surface area contributed by atoms with E-state index in [1.165, 1.54) is 66.7 Å². The molecule has 5 aromatic carbocycles. The van der Waals surface area contributed by atoms with Gasteiger partial charge in [0.05, 0.1) is 33.9 Å². The Morgan fingerprint density at radius 2 is 0.588 bits per heavy atom. The molecule has 0 radical (unpaired) electrons. The van der Waals surface area contributed by atoms with E-state index < -0.39 is 35.6 Å². The maximum atomic E-state index is 13.4. The van der Waals surface area contributed by atoms with E-state index in [1.807, 2.05) is 0 Å². The quantitative estimate of drug-likeness (QED) is 0.0896. The van der Waals surface area contributed by atoms with Gasteiger partial charge in [-0.15, -0.1) is 0 Å². The maximum Gasteiger partial charge on any atom is 0.335 e. The molecular formula is C36H29N7O8. The molecule has 0 bridgehead atoms. The minimum atomic E-state index is -1.26. The van der Waals surface area contributed by atoms with Crippen LogP contribution in [0.4, 0.5) is 39.8 Å². The number of hydrogen-bond donors (Lipinski definition) is 9. The third-order valence-electron chi connectivity index (χ3n) is 7.26. The van der Waals surface area contributed by atoms with E-state index in [0.29, 0.717) is 0 Å². The zero-order chi connectivity index (χ0) is 36.8. The van der Waals surface area contributed by atoms with Gasteiger partial charge in [-0.1, -0.05) is 24.3 Å². The Bertz CT molecular complexity index is 2100. The predicted octanol–water partition coefficient (Wildman–Crippen LogP) is 4.84. The van der Waals surface area contributed by atoms with Crippen molar-refractivity contribution < 1.29 is 39.0 Å². The lowest BCUT2D eigenvalue weighted by molar-refractivity contribution is 0.0686. The van der Waals surface area contributed by atoms with Crippen LogP contribution in [0.5, 0.6) is 0 Å². The Labute approximate surface area is 289 Å². The fourth-order valence-electron chi connectivity index (χ4n) is 4.91. The van der Waals surface area contributed by atoms with E-state index in [-0.39, 0.29) is 73.2 Å². The van der Waals surface area contributed by atoms with E-state index >= 15 is 0 Å². The van der Waals surface area contributed by atoms with Gasteiger partial charge in [-0.2, -0.15) is 0 Å². The molecule has 0 aliphatic rings. The van der Waals surface area contributed by atoms with Crippen molar-refractivity contribution in [1.82, 2.24) is 0 Å². The Hall–Kier alpha value is -7.68. The molecule has 0 atom stereocenters. The van der Waals surface area contributed by atoms with Crippen LogP contribution in [-0.2, 0) is 0 Å². The Balaban J connectivity index is 1.32. The molecule has 12 N–H and O–H groups in total. The fourth-order valence-corrected chi connectivity index (χ4v) is 4.91. The SMILES string of the molecule is Nc1cc(C(=O)O)cc(C(=O)Nc2ccccc2NC(=O)c2cc(N)cc(C(=O)Nc3ccccc3NC(=O)c3cc(N)cc(C(=O)O)c3)c2)c1. The van der Waals surface area contributed by atoms with Crippen LogP contribution in [0.3, 0.4) is 0 Å². The number of nitrogens with two attached hydrogens (primary N) is 3. The molecule has 0 saturated heterocycles. The van der Waals surface area contributed by atoms with Crippen molar-refractivity contribution in [2.24, 2.45) is 0 Å². The van der Waals surface area contributed by atoms with Crippen molar-refractivity contribution in [1.29, 1.82) is 0 Å². The Morgan fingerprint density at radius 1 is 0.373 bits per heavy atom. The van der Waals surface area contributed by atoms with Gasteiger partial charge in [0.25, 0.3) is 23.6 Å². The van der Waals surface area contributed by atoms with Crippen LogP contribution in [0.25, 0.3) is 0 Å². The van der Waals surface area contributed by atoms with Gasteiger partial charge in [-0.25, -0.2) is 9.59 Å². The van der Waals surface area contributed by atoms with Crippen molar-refractivity contribution in [2.45, 2.75) is 0 Å². The summed E-state index contributed by atoms with van der Waals surface area (Å²) in [6.45, 7) is 0. The molecule has 0 spiro atoms. The summed E-state index contributed by atoms with van der Waals surface area (Å²) in [6.07, 6.45) is 0. The first-order valence-corrected chi connectivity index (χ1v) is 14.9. The number of carbonyl (C=O) groups is 6. The minimum absolute atomic E-state index is 0.000650. The van der Waals surface area contributed by atoms with Crippen LogP contribution < -0.4 is 38.5 Å². The summed E-state index contributed by atoms with van der Waals surface area (Å²) in [6, 6.07) is 23.9. The lowest BCUT2D eigenvalue weighted by atomic mass is 10.1. The highest BCUT2D eigenvalue weighted by atomic mass is 16.4. The van der Waals surface area contributed by atoms with Crippen molar-refractivity contribution in [2.75, 3.05) is 38.5 Å². The largest absolute Gasteiger partial charge is 0.478 e. The van der Waals surface area contributed by atoms with E-state index in [1.54, 1.807) is 24.3 Å². The molecule has 256 valence electrons. The summed E-state index contributed by atoms with van der Waals surface area (Å²) in [5.41, 5.74) is 18.2. The molecular weight excluding hydrogens is 658 g/mol. The monoisotopic (exact) mass is 687 g/mol. The summed E-state index contributed by atoms with van der Waals surface area (Å²) in [5.74, 6) is -5.23. The number of anilines is 7. The Kier molecular flexibility index (Phi) is 9.93. The van der Waals surface area contributed by atoms with Gasteiger partial charge < -0.3 is 48.7 Å². The molecule has 0 aromatic heterocycles. The number of nitrogen functional groups attached to an aromatic ring is 3. The van der Waals surface area contributed by atoms with Gasteiger partial charge in [0, 0.05) is 39.3 Å². The number of para-hydroxylation sites is 4. The third-order valence-corrected chi connectivity index (χ3v) is 7.26. The van der Waals surface area contributed by atoms with Crippen LogP contribution in [0.15, 0.2) is 103 Å². The number of carbonyl (C=O) groups excluding carboxylic acids is 4. The maximum absolute atomic E-state index is 13.4. The summed E-state index contributed by atoms with van der Waals surface area (Å²) >= 11 is 0. The predicted molar refractivity (Wildman–Crippen MR) is 191 cm³/mol. The van der Waals surface area contributed by atoms with E-state index in [0.717, 1.165) is 12.1 Å². The number of benzene rings is 5. The second-order valence-corrected chi connectivity index (χ2v) is 11.0. The molecule has 51 heavy (non-hydrogen) atoms. The first kappa shape index (κ1) is 34.6. The molecule has 5 rings (SSSR count). The number of hydrogen-bond acceptors (Lipinski definition) is 9. The van der Waals surface area contributed by atoms with E-state index in [4.69, 9.17) is 17.2 Å². The van der Waals surface area contributed by atoms with Gasteiger partial charge in [0.2, 0.25) is 0 Å². The summed E-state index contributed by atoms with van der Waals surface area (Å²) in [7, 11) is 0. The molecule has 15 heteroatoms. The molecule has 0 unspecified atom stereocenters. The average molecular weight is 688 g/mol. The molecule has 0 aliphatic carbocycles. The van der Waals surface area contributed by atoms with Crippen molar-refractivity contribution in [3.8, 4) is 0 Å². The molecule has 0 fully saturated rings. The van der Waals surface area contributed by atoms with Gasteiger partial charge in [-0.3, -0.25) is 19.2 Å². The van der Waals surface area contributed by atoms with Gasteiger partial charge in [-0.05, 0) is 78.9 Å². The topological polar surface area (TPSA) is 269 Å². The number of amides is 4. The smallest absolute Gasteiger partial charge is 0.335 e. The number of aromatic carboxylic acids is 2. The van der Waals surface area contributed by atoms with Crippen LogP contribution in [0.2, 0.25) is 0 Å². The molecule has 4 amide bonds. The number of nitrogens with one attached hydrogen (secondary N) is 4. The highest BCUT2D eigenvalue weighted by Crippen LogP contribution is 2.26. The summed E-state index contributed by atoms with van der Waals surface area (Å²) in [4.78, 5) is 75.6. The molecule has 5 aromatic rings. The summed E-state index contributed by atoms with van der Waals surface area (Å²) in [5, 5.41) is 29.2. The zero-order valence-electron chi connectivity index (χ0n) is 26.4. The minimum Gasteiger partial charge on any atom is -0.478 e. The molecule has 0 heterocycles. The highest BCUT2D eigenvalue weighted by molar-refractivity contribution is 6.14. The van der Waals surface area contributed by atoms with Crippen LogP contribution >= 0.6 is 0 Å². The number of rotatable bonds is 10. The number of carboxylic acids is 2. The summed E-state index contributed by atoms with van der Waals surface area (Å²) < 4.78 is 0. The standard InChI is InChI=1S/C36H29N7O8/c37-24-12-18(31(44)40-27-5-1-3-7-29(27)42-33(46)20-10-22(35(48)49)16-25(38)14-20)9-19(13-24)32(45)41-28-6-2-4-8-30(28)43-34(47)21-11-23(36(50)51)17-26(39)15-21/h1-17H,37-39H2,(H,40,44)(H,41,45)(H,42,46)(H,43,47)(H,48,49)(H,50,51). The van der Waals surface area contributed by atoms with E-state index in [2.05, 4.69) is 21.3 Å². The zero-order valence-corrected chi connectivity index (χ0v) is 26.4. The second kappa shape index (κ2) is 14.6. The van der Waals surface area contributed by atoms with Gasteiger partial charge in [0.15, 0.2) is 0 Å². The number of carboxylic acid groups (broad SMARTS) is 2. The molecule has 0 saturated carbocycles. The first-order valence-electron chi connectivity index (χ1n) is 14.9. The van der Waals surface area contributed by atoms with Gasteiger partial charge >= 0.3 is 11.9 Å². The van der Waals surface area contributed by atoms with Crippen molar-refractivity contribution in [3.63, 3.8) is 0 Å². The normalized spacial score (nSPS) is 10.4. The lowest BCUT2D eigenvalue weighted by Crippen LogP contribution is -2.19. The Morgan fingerprint density at radius 3 is 0.824 bits per heavy atom. The van der Waals surface area contributed by atoms with E-state index in [9.17, 15) is 39.0 Å². The van der Waals surface area contributed by atoms with Gasteiger partial charge in [0.1, 0.15) is 0 Å². The molecule has 0 aliphatic heterocycles. The molecule has 15 nitrogen and oxygen atoms in total. The average Bonchev–Trinajstić information content (AvgIpc) is 3.09. The van der Waals surface area contributed by atoms with Crippen molar-refractivity contribution in [3.05, 3.63) is 137 Å². The lowest BCUT2D eigenvalue weighted by Gasteiger charge is -2.15. The first-order chi connectivity index (χ1) is 24.3. The van der Waals surface area contributed by atoms with Crippen LogP contribution in [0.1, 0.15) is 62.1 Å². The highest BCUT2D eigenvalue weighted by Gasteiger charge is 2.19. The third kappa shape index (κ3) is 8.43. The van der Waals surface area contributed by atoms with Crippen molar-refractivity contribution >= 4 is 75.4 Å². The van der Waals surface area contributed by atoms with Crippen LogP contribution in [-0.4, -0.2) is 45.8 Å². The van der Waals surface area contributed by atoms with Crippen LogP contribution in [0, 0.1) is 0 Å². The fraction of sp³-hybridized carbons (Fsp3) is 0.